The van der Waals surface area contributed by atoms with Crippen molar-refractivity contribution in [3.8, 4) is 0 Å². The van der Waals surface area contributed by atoms with Crippen molar-refractivity contribution in [3.63, 3.8) is 0 Å². The molecule has 0 heterocycles. The minimum Gasteiger partial charge on any atom is -0.383 e. The number of ether oxygens (including phenoxy) is 1. The summed E-state index contributed by atoms with van der Waals surface area (Å²) in [6, 6.07) is 10.4. The molecule has 0 saturated carbocycles. The van der Waals surface area contributed by atoms with Gasteiger partial charge in [-0.05, 0) is 18.9 Å². The number of nitrogens with one attached hydrogen (secondary N) is 2. The molecule has 5 heteroatoms. The van der Waals surface area contributed by atoms with E-state index in [1.807, 2.05) is 25.1 Å². The summed E-state index contributed by atoms with van der Waals surface area (Å²) >= 11 is 0. The lowest BCUT2D eigenvalue weighted by atomic mass is 10.1. The number of rotatable bonds is 6. The van der Waals surface area contributed by atoms with Crippen LogP contribution in [0, 0.1) is 0 Å². The monoisotopic (exact) mass is 264 g/mol. The van der Waals surface area contributed by atoms with Gasteiger partial charge in [0, 0.05) is 13.2 Å². The molecule has 0 saturated heterocycles. The normalized spacial score (nSPS) is 14.8. The minimum atomic E-state index is 0.0921. The van der Waals surface area contributed by atoms with E-state index in [2.05, 4.69) is 34.8 Å². The number of nitrogens with two attached hydrogens (primary N) is 1. The van der Waals surface area contributed by atoms with E-state index in [0.717, 1.165) is 6.42 Å². The van der Waals surface area contributed by atoms with Crippen molar-refractivity contribution in [3.05, 3.63) is 35.9 Å². The Morgan fingerprint density at radius 2 is 2.05 bits per heavy atom. The topological polar surface area (TPSA) is 71.7 Å². The van der Waals surface area contributed by atoms with Crippen LogP contribution in [0.3, 0.4) is 0 Å². The van der Waals surface area contributed by atoms with E-state index in [9.17, 15) is 0 Å². The molecule has 1 rings (SSSR count). The maximum Gasteiger partial charge on any atom is 0.206 e. The van der Waals surface area contributed by atoms with Crippen molar-refractivity contribution in [2.24, 2.45) is 10.8 Å². The van der Waals surface area contributed by atoms with Crippen LogP contribution in [-0.4, -0.2) is 25.7 Å². The molecule has 0 radical (unpaired) electrons. The number of benzene rings is 1. The Kier molecular flexibility index (Phi) is 6.92. The smallest absolute Gasteiger partial charge is 0.206 e. The zero-order chi connectivity index (χ0) is 14.1. The van der Waals surface area contributed by atoms with Crippen molar-refractivity contribution in [2.45, 2.75) is 32.4 Å². The number of hydrogen-bond acceptors (Lipinski definition) is 3. The Morgan fingerprint density at radius 1 is 1.37 bits per heavy atom. The molecule has 2 unspecified atom stereocenters. The fourth-order valence-corrected chi connectivity index (χ4v) is 1.87. The maximum atomic E-state index is 5.51. The first kappa shape index (κ1) is 15.5. The van der Waals surface area contributed by atoms with Gasteiger partial charge >= 0.3 is 0 Å². The lowest BCUT2D eigenvalue weighted by Crippen LogP contribution is -2.47. The van der Waals surface area contributed by atoms with Crippen molar-refractivity contribution in [1.82, 2.24) is 10.7 Å². The summed E-state index contributed by atoms with van der Waals surface area (Å²) in [4.78, 5) is 4.62. The SMILES string of the molecule is CCC(N=C(NN)NC(C)COC)c1ccccc1. The predicted octanol–water partition coefficient (Wildman–Crippen LogP) is 1.58. The first-order valence-electron chi connectivity index (χ1n) is 6.56. The molecule has 0 amide bonds. The van der Waals surface area contributed by atoms with Gasteiger partial charge in [-0.15, -0.1) is 0 Å². The van der Waals surface area contributed by atoms with Crippen LogP contribution in [0.15, 0.2) is 35.3 Å². The lowest BCUT2D eigenvalue weighted by molar-refractivity contribution is 0.179. The van der Waals surface area contributed by atoms with Crippen LogP contribution in [-0.2, 0) is 4.74 Å². The van der Waals surface area contributed by atoms with E-state index in [1.54, 1.807) is 7.11 Å². The highest BCUT2D eigenvalue weighted by atomic mass is 16.5. The fourth-order valence-electron chi connectivity index (χ4n) is 1.87. The summed E-state index contributed by atoms with van der Waals surface area (Å²) in [6.07, 6.45) is 0.912. The molecule has 19 heavy (non-hydrogen) atoms. The molecule has 0 aliphatic carbocycles. The zero-order valence-electron chi connectivity index (χ0n) is 11.9. The highest BCUT2D eigenvalue weighted by molar-refractivity contribution is 5.79. The summed E-state index contributed by atoms with van der Waals surface area (Å²) in [6.45, 7) is 4.72. The summed E-state index contributed by atoms with van der Waals surface area (Å²) in [5.41, 5.74) is 3.79. The molecular formula is C14H24N4O. The number of hydrazine groups is 1. The standard InChI is InChI=1S/C14H24N4O/c1-4-13(12-8-6-5-7-9-12)17-14(18-15)16-11(2)10-19-3/h5-9,11,13H,4,10,15H2,1-3H3,(H2,16,17,18). The average molecular weight is 264 g/mol. The first-order chi connectivity index (χ1) is 9.21. The lowest BCUT2D eigenvalue weighted by Gasteiger charge is -2.18. The van der Waals surface area contributed by atoms with Gasteiger partial charge in [0.15, 0.2) is 0 Å². The molecule has 0 spiro atoms. The van der Waals surface area contributed by atoms with Crippen molar-refractivity contribution < 1.29 is 4.74 Å². The molecule has 5 nitrogen and oxygen atoms in total. The number of methoxy groups -OCH3 is 1. The quantitative estimate of drug-likeness (QED) is 0.316. The van der Waals surface area contributed by atoms with Crippen LogP contribution in [0.2, 0.25) is 0 Å². The largest absolute Gasteiger partial charge is 0.383 e. The molecule has 0 aliphatic heterocycles. The second-order valence-electron chi connectivity index (χ2n) is 4.46. The summed E-state index contributed by atoms with van der Waals surface area (Å²) in [7, 11) is 1.67. The molecule has 4 N–H and O–H groups in total. The number of hydrogen-bond donors (Lipinski definition) is 3. The van der Waals surface area contributed by atoms with Gasteiger partial charge in [0.25, 0.3) is 0 Å². The van der Waals surface area contributed by atoms with E-state index in [0.29, 0.717) is 12.6 Å². The Balaban J connectivity index is 2.76. The Bertz CT molecular complexity index is 380. The summed E-state index contributed by atoms with van der Waals surface area (Å²) < 4.78 is 5.08. The molecule has 0 aromatic heterocycles. The molecule has 2 atom stereocenters. The van der Waals surface area contributed by atoms with E-state index >= 15 is 0 Å². The van der Waals surface area contributed by atoms with Crippen LogP contribution < -0.4 is 16.6 Å². The van der Waals surface area contributed by atoms with Crippen LogP contribution in [0.1, 0.15) is 31.9 Å². The fraction of sp³-hybridized carbons (Fsp3) is 0.500. The third-order valence-corrected chi connectivity index (χ3v) is 2.79. The van der Waals surface area contributed by atoms with Crippen LogP contribution in [0.4, 0.5) is 0 Å². The second kappa shape index (κ2) is 8.50. The van der Waals surface area contributed by atoms with E-state index in [4.69, 9.17) is 10.6 Å². The van der Waals surface area contributed by atoms with Gasteiger partial charge in [0.1, 0.15) is 0 Å². The molecule has 0 aliphatic rings. The Morgan fingerprint density at radius 3 is 2.58 bits per heavy atom. The van der Waals surface area contributed by atoms with Crippen LogP contribution >= 0.6 is 0 Å². The Labute approximate surface area is 115 Å². The van der Waals surface area contributed by atoms with Gasteiger partial charge in [-0.3, -0.25) is 5.43 Å². The number of nitrogens with zero attached hydrogens (tertiary/aromatic N) is 1. The van der Waals surface area contributed by atoms with Crippen molar-refractivity contribution in [1.29, 1.82) is 0 Å². The molecule has 106 valence electrons. The van der Waals surface area contributed by atoms with E-state index < -0.39 is 0 Å². The highest BCUT2D eigenvalue weighted by Gasteiger charge is 2.10. The maximum absolute atomic E-state index is 5.51. The van der Waals surface area contributed by atoms with E-state index in [1.165, 1.54) is 5.56 Å². The first-order valence-corrected chi connectivity index (χ1v) is 6.56. The predicted molar refractivity (Wildman–Crippen MR) is 78.7 cm³/mol. The van der Waals surface area contributed by atoms with Gasteiger partial charge < -0.3 is 10.1 Å². The molecule has 1 aromatic rings. The third-order valence-electron chi connectivity index (χ3n) is 2.79. The number of aliphatic imine (C=N–C) groups is 1. The van der Waals surface area contributed by atoms with Gasteiger partial charge in [0.05, 0.1) is 12.6 Å². The minimum absolute atomic E-state index is 0.0921. The highest BCUT2D eigenvalue weighted by Crippen LogP contribution is 2.20. The van der Waals surface area contributed by atoms with Gasteiger partial charge in [0.2, 0.25) is 5.96 Å². The van der Waals surface area contributed by atoms with Gasteiger partial charge in [-0.25, -0.2) is 10.8 Å². The third kappa shape index (κ3) is 5.28. The van der Waals surface area contributed by atoms with Crippen LogP contribution in [0.25, 0.3) is 0 Å². The second-order valence-corrected chi connectivity index (χ2v) is 4.46. The number of guanidine groups is 1. The molecule has 1 aromatic carbocycles. The molecule has 0 bridgehead atoms. The zero-order valence-corrected chi connectivity index (χ0v) is 11.9. The van der Waals surface area contributed by atoms with Crippen molar-refractivity contribution in [2.75, 3.05) is 13.7 Å². The summed E-state index contributed by atoms with van der Waals surface area (Å²) in [5.74, 6) is 6.10. The van der Waals surface area contributed by atoms with Gasteiger partial charge in [-0.1, -0.05) is 37.3 Å². The molecular weight excluding hydrogens is 240 g/mol. The average Bonchev–Trinajstić information content (AvgIpc) is 2.44. The molecule has 0 fully saturated rings. The summed E-state index contributed by atoms with van der Waals surface area (Å²) in [5, 5.41) is 3.19. The van der Waals surface area contributed by atoms with Gasteiger partial charge in [-0.2, -0.15) is 0 Å². The van der Waals surface area contributed by atoms with Crippen molar-refractivity contribution >= 4 is 5.96 Å². The van der Waals surface area contributed by atoms with E-state index in [-0.39, 0.29) is 12.1 Å². The Hall–Kier alpha value is -1.59. The van der Waals surface area contributed by atoms with Crippen LogP contribution in [0.5, 0.6) is 0 Å².